The molecule has 0 fully saturated rings. The highest BCUT2D eigenvalue weighted by atomic mass is 35.5. The maximum absolute atomic E-state index is 12.3. The van der Waals surface area contributed by atoms with Crippen LogP contribution in [-0.2, 0) is 21.2 Å². The normalized spacial score (nSPS) is 11.2. The van der Waals surface area contributed by atoms with Gasteiger partial charge in [-0.25, -0.2) is 12.7 Å². The van der Waals surface area contributed by atoms with Crippen LogP contribution in [0.4, 0.5) is 0 Å². The summed E-state index contributed by atoms with van der Waals surface area (Å²) in [6, 6.07) is 12.8. The van der Waals surface area contributed by atoms with Crippen molar-refractivity contribution in [3.63, 3.8) is 0 Å². The minimum absolute atomic E-state index is 0.0606. The van der Waals surface area contributed by atoms with Gasteiger partial charge in [0.15, 0.2) is 0 Å². The number of halogens is 1. The molecule has 26 heavy (non-hydrogen) atoms. The van der Waals surface area contributed by atoms with Gasteiger partial charge in [-0.15, -0.1) is 0 Å². The van der Waals surface area contributed by atoms with Gasteiger partial charge in [0.25, 0.3) is 5.91 Å². The monoisotopic (exact) mass is 395 g/mol. The van der Waals surface area contributed by atoms with Crippen LogP contribution in [-0.4, -0.2) is 38.6 Å². The summed E-state index contributed by atoms with van der Waals surface area (Å²) in [6.07, 6.45) is 0.0872. The molecule has 0 saturated carbocycles. The van der Waals surface area contributed by atoms with E-state index in [0.717, 1.165) is 15.9 Å². The topological polar surface area (TPSA) is 95.6 Å². The van der Waals surface area contributed by atoms with E-state index in [1.54, 1.807) is 24.3 Å². The average Bonchev–Trinajstić information content (AvgIpc) is 2.60. The van der Waals surface area contributed by atoms with Gasteiger partial charge in [-0.05, 0) is 23.8 Å². The van der Waals surface area contributed by atoms with Crippen molar-refractivity contribution in [1.29, 1.82) is 0 Å². The summed E-state index contributed by atoms with van der Waals surface area (Å²) in [7, 11) is -0.949. The SMILES string of the molecule is CN(C)S(=O)(=O)c1ccc(Cl)c(C(=O)NNC(=O)Cc2ccccc2)c1. The van der Waals surface area contributed by atoms with Crippen LogP contribution in [0, 0.1) is 0 Å². The number of amides is 2. The van der Waals surface area contributed by atoms with Crippen molar-refractivity contribution in [2.24, 2.45) is 0 Å². The predicted octanol–water partition coefficient (Wildman–Crippen LogP) is 1.59. The van der Waals surface area contributed by atoms with Crippen LogP contribution in [0.1, 0.15) is 15.9 Å². The van der Waals surface area contributed by atoms with Crippen LogP contribution in [0.25, 0.3) is 0 Å². The molecule has 2 aromatic carbocycles. The summed E-state index contributed by atoms with van der Waals surface area (Å²) >= 11 is 5.98. The molecular formula is C17H18ClN3O4S. The molecule has 0 saturated heterocycles. The van der Waals surface area contributed by atoms with Crippen molar-refractivity contribution < 1.29 is 18.0 Å². The first kappa shape index (κ1) is 19.9. The number of carbonyl (C=O) groups excluding carboxylic acids is 2. The number of rotatable bonds is 5. The average molecular weight is 396 g/mol. The fraction of sp³-hybridized carbons (Fsp3) is 0.176. The Morgan fingerprint density at radius 3 is 2.31 bits per heavy atom. The Balaban J connectivity index is 2.08. The number of hydrogen-bond donors (Lipinski definition) is 2. The van der Waals surface area contributed by atoms with Crippen LogP contribution in [0.3, 0.4) is 0 Å². The second-order valence-electron chi connectivity index (χ2n) is 5.59. The van der Waals surface area contributed by atoms with Crippen molar-refractivity contribution in [2.75, 3.05) is 14.1 Å². The first-order valence-electron chi connectivity index (χ1n) is 7.57. The van der Waals surface area contributed by atoms with E-state index in [-0.39, 0.29) is 21.9 Å². The summed E-state index contributed by atoms with van der Waals surface area (Å²) in [5.74, 6) is -1.13. The lowest BCUT2D eigenvalue weighted by molar-refractivity contribution is -0.121. The number of benzene rings is 2. The van der Waals surface area contributed by atoms with Crippen LogP contribution < -0.4 is 10.9 Å². The Bertz CT molecular complexity index is 915. The molecule has 0 aliphatic carbocycles. The molecular weight excluding hydrogens is 378 g/mol. The van der Waals surface area contributed by atoms with Crippen LogP contribution >= 0.6 is 11.6 Å². The maximum Gasteiger partial charge on any atom is 0.271 e. The van der Waals surface area contributed by atoms with Gasteiger partial charge in [-0.2, -0.15) is 0 Å². The van der Waals surface area contributed by atoms with E-state index in [2.05, 4.69) is 10.9 Å². The zero-order valence-electron chi connectivity index (χ0n) is 14.2. The molecule has 0 spiro atoms. The second kappa shape index (κ2) is 8.31. The summed E-state index contributed by atoms with van der Waals surface area (Å²) < 4.78 is 25.4. The third kappa shape index (κ3) is 4.81. The van der Waals surface area contributed by atoms with E-state index in [1.165, 1.54) is 26.2 Å². The Hall–Kier alpha value is -2.42. The molecule has 7 nitrogen and oxygen atoms in total. The highest BCUT2D eigenvalue weighted by molar-refractivity contribution is 7.89. The fourth-order valence-electron chi connectivity index (χ4n) is 2.07. The number of hydrazine groups is 1. The van der Waals surface area contributed by atoms with Gasteiger partial charge in [0, 0.05) is 14.1 Å². The molecule has 0 aliphatic rings. The first-order chi connectivity index (χ1) is 12.2. The third-order valence-corrected chi connectivity index (χ3v) is 5.62. The Morgan fingerprint density at radius 1 is 1.04 bits per heavy atom. The van der Waals surface area contributed by atoms with Crippen molar-refractivity contribution in [2.45, 2.75) is 11.3 Å². The molecule has 0 bridgehead atoms. The summed E-state index contributed by atoms with van der Waals surface area (Å²) in [4.78, 5) is 24.1. The highest BCUT2D eigenvalue weighted by Crippen LogP contribution is 2.22. The van der Waals surface area contributed by atoms with Gasteiger partial charge in [0.05, 0.1) is 21.9 Å². The molecule has 0 heterocycles. The van der Waals surface area contributed by atoms with Crippen molar-refractivity contribution in [3.8, 4) is 0 Å². The van der Waals surface area contributed by atoms with E-state index >= 15 is 0 Å². The zero-order chi connectivity index (χ0) is 19.3. The molecule has 2 amide bonds. The second-order valence-corrected chi connectivity index (χ2v) is 8.15. The number of nitrogens with zero attached hydrogens (tertiary/aromatic N) is 1. The molecule has 0 unspecified atom stereocenters. The van der Waals surface area contributed by atoms with Gasteiger partial charge >= 0.3 is 0 Å². The van der Waals surface area contributed by atoms with E-state index < -0.39 is 21.8 Å². The lowest BCUT2D eigenvalue weighted by Gasteiger charge is -2.13. The molecule has 2 rings (SSSR count). The molecule has 0 atom stereocenters. The first-order valence-corrected chi connectivity index (χ1v) is 9.39. The van der Waals surface area contributed by atoms with Crippen LogP contribution in [0.15, 0.2) is 53.4 Å². The predicted molar refractivity (Wildman–Crippen MR) is 98.1 cm³/mol. The highest BCUT2D eigenvalue weighted by Gasteiger charge is 2.21. The van der Waals surface area contributed by atoms with Gasteiger partial charge in [0.2, 0.25) is 15.9 Å². The number of hydrogen-bond acceptors (Lipinski definition) is 4. The summed E-state index contributed by atoms with van der Waals surface area (Å²) in [6.45, 7) is 0. The Kier molecular flexibility index (Phi) is 6.36. The molecule has 0 aliphatic heterocycles. The van der Waals surface area contributed by atoms with Gasteiger partial charge in [0.1, 0.15) is 0 Å². The lowest BCUT2D eigenvalue weighted by Crippen LogP contribution is -2.42. The molecule has 9 heteroatoms. The molecule has 2 N–H and O–H groups in total. The van der Waals surface area contributed by atoms with E-state index in [4.69, 9.17) is 11.6 Å². The summed E-state index contributed by atoms with van der Waals surface area (Å²) in [5, 5.41) is 0.0671. The minimum Gasteiger partial charge on any atom is -0.273 e. The molecule has 2 aromatic rings. The van der Waals surface area contributed by atoms with Crippen LogP contribution in [0.5, 0.6) is 0 Å². The largest absolute Gasteiger partial charge is 0.273 e. The minimum atomic E-state index is -3.71. The van der Waals surface area contributed by atoms with Crippen molar-refractivity contribution in [1.82, 2.24) is 15.2 Å². The number of carbonyl (C=O) groups is 2. The molecule has 0 radical (unpaired) electrons. The zero-order valence-corrected chi connectivity index (χ0v) is 15.8. The summed E-state index contributed by atoms with van der Waals surface area (Å²) in [5.41, 5.74) is 5.24. The van der Waals surface area contributed by atoms with Gasteiger partial charge in [-0.3, -0.25) is 20.4 Å². The van der Waals surface area contributed by atoms with E-state index in [0.29, 0.717) is 0 Å². The smallest absolute Gasteiger partial charge is 0.271 e. The van der Waals surface area contributed by atoms with Crippen LogP contribution in [0.2, 0.25) is 5.02 Å². The van der Waals surface area contributed by atoms with E-state index in [1.807, 2.05) is 6.07 Å². The fourth-order valence-corrected chi connectivity index (χ4v) is 3.20. The third-order valence-electron chi connectivity index (χ3n) is 3.48. The van der Waals surface area contributed by atoms with Crippen molar-refractivity contribution in [3.05, 3.63) is 64.7 Å². The number of sulfonamides is 1. The lowest BCUT2D eigenvalue weighted by atomic mass is 10.1. The van der Waals surface area contributed by atoms with Gasteiger partial charge in [-0.1, -0.05) is 41.9 Å². The maximum atomic E-state index is 12.3. The number of nitrogens with one attached hydrogen (secondary N) is 2. The standard InChI is InChI=1S/C17H18ClN3O4S/c1-21(2)26(24,25)13-8-9-15(18)14(11-13)17(23)20-19-16(22)10-12-6-4-3-5-7-12/h3-9,11H,10H2,1-2H3,(H,19,22)(H,20,23). The van der Waals surface area contributed by atoms with Gasteiger partial charge < -0.3 is 0 Å². The molecule has 0 aromatic heterocycles. The Labute approximate surface area is 157 Å². The Morgan fingerprint density at radius 2 is 1.69 bits per heavy atom. The van der Waals surface area contributed by atoms with E-state index in [9.17, 15) is 18.0 Å². The quantitative estimate of drug-likeness (QED) is 0.751. The molecule has 138 valence electrons. The van der Waals surface area contributed by atoms with Crippen molar-refractivity contribution >= 4 is 33.4 Å².